The summed E-state index contributed by atoms with van der Waals surface area (Å²) in [6, 6.07) is 24.5. The number of nitrogens with zero attached hydrogens (tertiary/aromatic N) is 1. The minimum atomic E-state index is -0.0795. The third-order valence-electron chi connectivity index (χ3n) is 5.46. The second-order valence-corrected chi connectivity index (χ2v) is 7.42. The van der Waals surface area contributed by atoms with E-state index in [1.807, 2.05) is 35.2 Å². The van der Waals surface area contributed by atoms with Gasteiger partial charge in [0.05, 0.1) is 19.3 Å². The molecule has 1 heterocycles. The van der Waals surface area contributed by atoms with Gasteiger partial charge in [-0.05, 0) is 35.4 Å². The van der Waals surface area contributed by atoms with Gasteiger partial charge in [0.1, 0.15) is 0 Å². The van der Waals surface area contributed by atoms with E-state index in [0.717, 1.165) is 5.69 Å². The number of hydrogen-bond acceptors (Lipinski definition) is 3. The van der Waals surface area contributed by atoms with Gasteiger partial charge < -0.3 is 20.3 Å². The summed E-state index contributed by atoms with van der Waals surface area (Å²) < 4.78 is 5.66. The molecule has 1 saturated heterocycles. The lowest BCUT2D eigenvalue weighted by Crippen LogP contribution is -2.54. The molecule has 2 unspecified atom stereocenters. The zero-order valence-corrected chi connectivity index (χ0v) is 16.7. The van der Waals surface area contributed by atoms with E-state index >= 15 is 0 Å². The summed E-state index contributed by atoms with van der Waals surface area (Å²) >= 11 is 0. The number of para-hydroxylation sites is 1. The second-order valence-electron chi connectivity index (χ2n) is 7.42. The van der Waals surface area contributed by atoms with Crippen molar-refractivity contribution in [3.8, 4) is 0 Å². The Balaban J connectivity index is 1.42. The Hall–Kier alpha value is -2.89. The number of urea groups is 1. The summed E-state index contributed by atoms with van der Waals surface area (Å²) in [5, 5.41) is 9.09. The van der Waals surface area contributed by atoms with Crippen LogP contribution in [-0.4, -0.2) is 43.3 Å². The van der Waals surface area contributed by atoms with E-state index in [1.54, 1.807) is 0 Å². The Morgan fingerprint density at radius 3 is 2.69 bits per heavy atom. The van der Waals surface area contributed by atoms with Crippen molar-refractivity contribution in [2.24, 2.45) is 0 Å². The third-order valence-corrected chi connectivity index (χ3v) is 5.46. The standard InChI is InChI=1S/C24H27N3O2/c1-18(22-13-7-9-19-8-5-6-12-23(19)22)25-16-21-17-29-15-14-27(21)24(28)26-20-10-3-2-4-11-20/h2-13,18,21,25H,14-17H2,1H3,(H,26,28). The van der Waals surface area contributed by atoms with Gasteiger partial charge in [-0.1, -0.05) is 60.7 Å². The van der Waals surface area contributed by atoms with Gasteiger partial charge in [-0.15, -0.1) is 0 Å². The molecular weight excluding hydrogens is 362 g/mol. The SMILES string of the molecule is CC(NCC1COCCN1C(=O)Nc1ccccc1)c1cccc2ccccc12. The van der Waals surface area contributed by atoms with Crippen LogP contribution in [0.1, 0.15) is 18.5 Å². The molecule has 3 aromatic rings. The fourth-order valence-corrected chi connectivity index (χ4v) is 3.86. The number of nitrogens with one attached hydrogen (secondary N) is 2. The van der Waals surface area contributed by atoms with Gasteiger partial charge in [0.2, 0.25) is 0 Å². The van der Waals surface area contributed by atoms with E-state index in [-0.39, 0.29) is 18.1 Å². The lowest BCUT2D eigenvalue weighted by molar-refractivity contribution is 0.0151. The number of carbonyl (C=O) groups is 1. The van der Waals surface area contributed by atoms with Crippen LogP contribution in [0.4, 0.5) is 10.5 Å². The fourth-order valence-electron chi connectivity index (χ4n) is 3.86. The summed E-state index contributed by atoms with van der Waals surface area (Å²) in [6.45, 7) is 4.54. The number of anilines is 1. The first-order valence-electron chi connectivity index (χ1n) is 10.1. The Kier molecular flexibility index (Phi) is 6.08. The van der Waals surface area contributed by atoms with Crippen molar-refractivity contribution in [1.29, 1.82) is 0 Å². The van der Waals surface area contributed by atoms with E-state index in [1.165, 1.54) is 16.3 Å². The van der Waals surface area contributed by atoms with Gasteiger partial charge in [-0.2, -0.15) is 0 Å². The van der Waals surface area contributed by atoms with Gasteiger partial charge in [0.15, 0.2) is 0 Å². The highest BCUT2D eigenvalue weighted by Gasteiger charge is 2.27. The maximum absolute atomic E-state index is 12.8. The molecule has 0 saturated carbocycles. The molecule has 5 heteroatoms. The van der Waals surface area contributed by atoms with E-state index in [2.05, 4.69) is 60.0 Å². The quantitative estimate of drug-likeness (QED) is 0.679. The number of fused-ring (bicyclic) bond motifs is 1. The van der Waals surface area contributed by atoms with Crippen molar-refractivity contribution in [1.82, 2.24) is 10.2 Å². The molecule has 1 aliphatic heterocycles. The zero-order chi connectivity index (χ0) is 20.1. The molecule has 0 aromatic heterocycles. The van der Waals surface area contributed by atoms with Crippen molar-refractivity contribution >= 4 is 22.5 Å². The first-order chi connectivity index (χ1) is 14.2. The predicted octanol–water partition coefficient (Wildman–Crippen LogP) is 4.42. The largest absolute Gasteiger partial charge is 0.377 e. The summed E-state index contributed by atoms with van der Waals surface area (Å²) in [4.78, 5) is 14.7. The normalized spacial score (nSPS) is 17.8. The Labute approximate surface area is 171 Å². The summed E-state index contributed by atoms with van der Waals surface area (Å²) in [5.41, 5.74) is 2.07. The fraction of sp³-hybridized carbons (Fsp3) is 0.292. The minimum Gasteiger partial charge on any atom is -0.377 e. The van der Waals surface area contributed by atoms with Crippen molar-refractivity contribution in [3.63, 3.8) is 0 Å². The minimum absolute atomic E-state index is 0.00936. The molecule has 2 amide bonds. The van der Waals surface area contributed by atoms with Crippen molar-refractivity contribution in [3.05, 3.63) is 78.4 Å². The Bertz CT molecular complexity index is 955. The third kappa shape index (κ3) is 4.58. The average Bonchev–Trinajstić information content (AvgIpc) is 2.78. The van der Waals surface area contributed by atoms with Crippen LogP contribution < -0.4 is 10.6 Å². The molecule has 0 aliphatic carbocycles. The van der Waals surface area contributed by atoms with Crippen LogP contribution >= 0.6 is 0 Å². The van der Waals surface area contributed by atoms with Gasteiger partial charge >= 0.3 is 6.03 Å². The van der Waals surface area contributed by atoms with Crippen molar-refractivity contribution in [2.45, 2.75) is 19.0 Å². The highest BCUT2D eigenvalue weighted by molar-refractivity contribution is 5.89. The highest BCUT2D eigenvalue weighted by Crippen LogP contribution is 2.24. The molecule has 1 aliphatic rings. The molecule has 0 bridgehead atoms. The maximum Gasteiger partial charge on any atom is 0.322 e. The first-order valence-corrected chi connectivity index (χ1v) is 10.1. The van der Waals surface area contributed by atoms with Crippen LogP contribution in [0.15, 0.2) is 72.8 Å². The monoisotopic (exact) mass is 389 g/mol. The predicted molar refractivity (Wildman–Crippen MR) is 117 cm³/mol. The number of benzene rings is 3. The molecule has 0 radical (unpaired) electrons. The zero-order valence-electron chi connectivity index (χ0n) is 16.7. The molecule has 2 atom stereocenters. The smallest absolute Gasteiger partial charge is 0.322 e. The molecule has 5 nitrogen and oxygen atoms in total. The van der Waals surface area contributed by atoms with E-state index in [0.29, 0.717) is 26.3 Å². The molecule has 0 spiro atoms. The van der Waals surface area contributed by atoms with Gasteiger partial charge in [-0.25, -0.2) is 4.79 Å². The number of amides is 2. The van der Waals surface area contributed by atoms with Crippen LogP contribution in [0.5, 0.6) is 0 Å². The van der Waals surface area contributed by atoms with Crippen molar-refractivity contribution in [2.75, 3.05) is 31.6 Å². The van der Waals surface area contributed by atoms with E-state index in [4.69, 9.17) is 4.74 Å². The van der Waals surface area contributed by atoms with Crippen LogP contribution in [-0.2, 0) is 4.74 Å². The molecule has 4 rings (SSSR count). The maximum atomic E-state index is 12.8. The first kappa shape index (κ1) is 19.4. The lowest BCUT2D eigenvalue weighted by atomic mass is 9.99. The molecular formula is C24H27N3O2. The van der Waals surface area contributed by atoms with Crippen LogP contribution in [0.25, 0.3) is 10.8 Å². The van der Waals surface area contributed by atoms with E-state index in [9.17, 15) is 4.79 Å². The Morgan fingerprint density at radius 2 is 1.83 bits per heavy atom. The molecule has 29 heavy (non-hydrogen) atoms. The number of rotatable bonds is 5. The van der Waals surface area contributed by atoms with Gasteiger partial charge in [0.25, 0.3) is 0 Å². The highest BCUT2D eigenvalue weighted by atomic mass is 16.5. The van der Waals surface area contributed by atoms with Crippen LogP contribution in [0.3, 0.4) is 0 Å². The summed E-state index contributed by atoms with van der Waals surface area (Å²) in [5.74, 6) is 0. The topological polar surface area (TPSA) is 53.6 Å². The number of carbonyl (C=O) groups excluding carboxylic acids is 1. The van der Waals surface area contributed by atoms with E-state index < -0.39 is 0 Å². The average molecular weight is 389 g/mol. The lowest BCUT2D eigenvalue weighted by Gasteiger charge is -2.36. The summed E-state index contributed by atoms with van der Waals surface area (Å²) in [6.07, 6.45) is 0. The van der Waals surface area contributed by atoms with Crippen LogP contribution in [0, 0.1) is 0 Å². The molecule has 1 fully saturated rings. The Morgan fingerprint density at radius 1 is 1.07 bits per heavy atom. The van der Waals surface area contributed by atoms with Crippen LogP contribution in [0.2, 0.25) is 0 Å². The number of ether oxygens (including phenoxy) is 1. The second kappa shape index (κ2) is 9.07. The van der Waals surface area contributed by atoms with Gasteiger partial charge in [-0.3, -0.25) is 0 Å². The van der Waals surface area contributed by atoms with Crippen molar-refractivity contribution < 1.29 is 9.53 Å². The molecule has 2 N–H and O–H groups in total. The van der Waals surface area contributed by atoms with Gasteiger partial charge in [0, 0.05) is 24.8 Å². The molecule has 150 valence electrons. The summed E-state index contributed by atoms with van der Waals surface area (Å²) in [7, 11) is 0. The molecule has 3 aromatic carbocycles. The number of hydrogen-bond donors (Lipinski definition) is 2. The number of morpholine rings is 1.